The van der Waals surface area contributed by atoms with E-state index < -0.39 is 0 Å². The zero-order valence-electron chi connectivity index (χ0n) is 10.4. The number of ether oxygens (including phenoxy) is 1. The number of carbonyl (C=O) groups is 1. The lowest BCUT2D eigenvalue weighted by Crippen LogP contribution is -2.43. The van der Waals surface area contributed by atoms with Gasteiger partial charge in [-0.2, -0.15) is 0 Å². The summed E-state index contributed by atoms with van der Waals surface area (Å²) >= 11 is 0. The molecule has 0 bridgehead atoms. The van der Waals surface area contributed by atoms with Crippen molar-refractivity contribution in [3.63, 3.8) is 0 Å². The SMILES string of the molecule is CCN(CC)C(=O)C1CCOC(C)(C)C1. The van der Waals surface area contributed by atoms with E-state index >= 15 is 0 Å². The molecule has 1 amide bonds. The Labute approximate surface area is 92.8 Å². The van der Waals surface area contributed by atoms with Crippen LogP contribution >= 0.6 is 0 Å². The summed E-state index contributed by atoms with van der Waals surface area (Å²) in [6.45, 7) is 10.5. The fraction of sp³-hybridized carbons (Fsp3) is 0.917. The molecule has 1 aliphatic rings. The molecular weight excluding hydrogens is 190 g/mol. The van der Waals surface area contributed by atoms with Gasteiger partial charge >= 0.3 is 0 Å². The Balaban J connectivity index is 2.59. The Morgan fingerprint density at radius 3 is 2.47 bits per heavy atom. The van der Waals surface area contributed by atoms with Gasteiger partial charge in [-0.25, -0.2) is 0 Å². The molecule has 3 heteroatoms. The number of hydrogen-bond acceptors (Lipinski definition) is 2. The van der Waals surface area contributed by atoms with E-state index in [9.17, 15) is 4.79 Å². The third kappa shape index (κ3) is 3.20. The van der Waals surface area contributed by atoms with Crippen LogP contribution in [0.25, 0.3) is 0 Å². The molecule has 0 aromatic heterocycles. The maximum absolute atomic E-state index is 12.1. The lowest BCUT2D eigenvalue weighted by atomic mass is 9.87. The minimum Gasteiger partial charge on any atom is -0.376 e. The Morgan fingerprint density at radius 1 is 1.40 bits per heavy atom. The first kappa shape index (κ1) is 12.5. The van der Waals surface area contributed by atoms with Crippen LogP contribution < -0.4 is 0 Å². The predicted molar refractivity (Wildman–Crippen MR) is 60.7 cm³/mol. The average Bonchev–Trinajstić information content (AvgIpc) is 2.18. The third-order valence-electron chi connectivity index (χ3n) is 3.12. The molecule has 1 saturated heterocycles. The molecule has 1 unspecified atom stereocenters. The first-order valence-electron chi connectivity index (χ1n) is 5.93. The van der Waals surface area contributed by atoms with Crippen molar-refractivity contribution in [2.24, 2.45) is 5.92 Å². The molecule has 1 atom stereocenters. The van der Waals surface area contributed by atoms with Crippen LogP contribution in [-0.2, 0) is 9.53 Å². The highest BCUT2D eigenvalue weighted by Gasteiger charge is 2.34. The van der Waals surface area contributed by atoms with Gasteiger partial charge in [-0.15, -0.1) is 0 Å². The fourth-order valence-corrected chi connectivity index (χ4v) is 2.24. The van der Waals surface area contributed by atoms with E-state index in [2.05, 4.69) is 13.8 Å². The van der Waals surface area contributed by atoms with Gasteiger partial charge in [0.2, 0.25) is 5.91 Å². The normalized spacial score (nSPS) is 24.9. The molecule has 0 aliphatic carbocycles. The molecule has 1 rings (SSSR count). The third-order valence-corrected chi connectivity index (χ3v) is 3.12. The summed E-state index contributed by atoms with van der Waals surface area (Å²) in [5, 5.41) is 0. The molecule has 0 radical (unpaired) electrons. The lowest BCUT2D eigenvalue weighted by Gasteiger charge is -2.36. The Morgan fingerprint density at radius 2 is 2.00 bits per heavy atom. The molecule has 1 aliphatic heterocycles. The largest absolute Gasteiger partial charge is 0.376 e. The molecule has 15 heavy (non-hydrogen) atoms. The first-order chi connectivity index (χ1) is 7.00. The number of hydrogen-bond donors (Lipinski definition) is 0. The van der Waals surface area contributed by atoms with Gasteiger partial charge in [0.25, 0.3) is 0 Å². The minimum atomic E-state index is -0.133. The van der Waals surface area contributed by atoms with Gasteiger partial charge in [-0.3, -0.25) is 4.79 Å². The van der Waals surface area contributed by atoms with Crippen molar-refractivity contribution >= 4 is 5.91 Å². The monoisotopic (exact) mass is 213 g/mol. The van der Waals surface area contributed by atoms with Crippen LogP contribution in [-0.4, -0.2) is 36.1 Å². The number of rotatable bonds is 3. The molecule has 0 N–H and O–H groups in total. The molecule has 1 fully saturated rings. The van der Waals surface area contributed by atoms with Crippen molar-refractivity contribution in [3.05, 3.63) is 0 Å². The molecule has 3 nitrogen and oxygen atoms in total. The van der Waals surface area contributed by atoms with E-state index in [1.807, 2.05) is 18.7 Å². The van der Waals surface area contributed by atoms with Crippen molar-refractivity contribution in [1.29, 1.82) is 0 Å². The van der Waals surface area contributed by atoms with Gasteiger partial charge in [0, 0.05) is 25.6 Å². The maximum Gasteiger partial charge on any atom is 0.225 e. The molecular formula is C12H23NO2. The second kappa shape index (κ2) is 4.97. The van der Waals surface area contributed by atoms with Crippen LogP contribution in [0, 0.1) is 5.92 Å². The van der Waals surface area contributed by atoms with Crippen LogP contribution in [0.1, 0.15) is 40.5 Å². The first-order valence-corrected chi connectivity index (χ1v) is 5.93. The van der Waals surface area contributed by atoms with Crippen molar-refractivity contribution in [3.8, 4) is 0 Å². The van der Waals surface area contributed by atoms with Gasteiger partial charge < -0.3 is 9.64 Å². The second-order valence-corrected chi connectivity index (χ2v) is 4.81. The predicted octanol–water partition coefficient (Wildman–Crippen LogP) is 2.06. The molecule has 0 saturated carbocycles. The van der Waals surface area contributed by atoms with E-state index in [-0.39, 0.29) is 11.5 Å². The van der Waals surface area contributed by atoms with Gasteiger partial charge in [0.15, 0.2) is 0 Å². The summed E-state index contributed by atoms with van der Waals surface area (Å²) in [7, 11) is 0. The topological polar surface area (TPSA) is 29.5 Å². The van der Waals surface area contributed by atoms with E-state index in [1.54, 1.807) is 0 Å². The number of nitrogens with zero attached hydrogens (tertiary/aromatic N) is 1. The number of carbonyl (C=O) groups excluding carboxylic acids is 1. The molecule has 0 spiro atoms. The van der Waals surface area contributed by atoms with Crippen LogP contribution in [0.3, 0.4) is 0 Å². The van der Waals surface area contributed by atoms with E-state index in [0.29, 0.717) is 12.5 Å². The highest BCUT2D eigenvalue weighted by atomic mass is 16.5. The summed E-state index contributed by atoms with van der Waals surface area (Å²) in [5.74, 6) is 0.463. The van der Waals surface area contributed by atoms with Gasteiger partial charge in [0.05, 0.1) is 5.60 Å². The van der Waals surface area contributed by atoms with E-state index in [0.717, 1.165) is 25.9 Å². The molecule has 88 valence electrons. The lowest BCUT2D eigenvalue weighted by molar-refractivity contribution is -0.145. The Hall–Kier alpha value is -0.570. The van der Waals surface area contributed by atoms with Crippen molar-refractivity contribution < 1.29 is 9.53 Å². The molecule has 0 aromatic carbocycles. The summed E-state index contributed by atoms with van der Waals surface area (Å²) in [6, 6.07) is 0. The molecule has 0 aromatic rings. The summed E-state index contributed by atoms with van der Waals surface area (Å²) in [6.07, 6.45) is 1.72. The standard InChI is InChI=1S/C12H23NO2/c1-5-13(6-2)11(14)10-7-8-15-12(3,4)9-10/h10H,5-9H2,1-4H3. The Bertz CT molecular complexity index is 222. The van der Waals surface area contributed by atoms with Crippen LogP contribution in [0.2, 0.25) is 0 Å². The summed E-state index contributed by atoms with van der Waals surface area (Å²) < 4.78 is 5.62. The van der Waals surface area contributed by atoms with Crippen LogP contribution in [0.15, 0.2) is 0 Å². The highest BCUT2D eigenvalue weighted by Crippen LogP contribution is 2.29. The van der Waals surface area contributed by atoms with Crippen LogP contribution in [0.5, 0.6) is 0 Å². The summed E-state index contributed by atoms with van der Waals surface area (Å²) in [4.78, 5) is 14.0. The maximum atomic E-state index is 12.1. The average molecular weight is 213 g/mol. The zero-order valence-corrected chi connectivity index (χ0v) is 10.4. The minimum absolute atomic E-state index is 0.133. The Kier molecular flexibility index (Phi) is 4.14. The fourth-order valence-electron chi connectivity index (χ4n) is 2.24. The summed E-state index contributed by atoms with van der Waals surface area (Å²) in [5.41, 5.74) is -0.133. The number of amides is 1. The highest BCUT2D eigenvalue weighted by molar-refractivity contribution is 5.79. The van der Waals surface area contributed by atoms with Crippen LogP contribution in [0.4, 0.5) is 0 Å². The smallest absolute Gasteiger partial charge is 0.225 e. The van der Waals surface area contributed by atoms with Crippen molar-refractivity contribution in [1.82, 2.24) is 4.90 Å². The molecule has 1 heterocycles. The van der Waals surface area contributed by atoms with E-state index in [1.165, 1.54) is 0 Å². The van der Waals surface area contributed by atoms with E-state index in [4.69, 9.17) is 4.74 Å². The van der Waals surface area contributed by atoms with Crippen molar-refractivity contribution in [2.45, 2.75) is 46.1 Å². The van der Waals surface area contributed by atoms with Crippen molar-refractivity contribution in [2.75, 3.05) is 19.7 Å². The van der Waals surface area contributed by atoms with Gasteiger partial charge in [0.1, 0.15) is 0 Å². The zero-order chi connectivity index (χ0) is 11.5. The van der Waals surface area contributed by atoms with Gasteiger partial charge in [-0.05, 0) is 40.5 Å². The quantitative estimate of drug-likeness (QED) is 0.718. The second-order valence-electron chi connectivity index (χ2n) is 4.81. The van der Waals surface area contributed by atoms with Gasteiger partial charge in [-0.1, -0.05) is 0 Å².